The van der Waals surface area contributed by atoms with Gasteiger partial charge in [0.05, 0.1) is 18.8 Å². The molecule has 4 rings (SSSR count). The van der Waals surface area contributed by atoms with Crippen molar-refractivity contribution < 1.29 is 18.7 Å². The molecule has 0 saturated carbocycles. The second-order valence-corrected chi connectivity index (χ2v) is 8.77. The Balaban J connectivity index is 1.46. The van der Waals surface area contributed by atoms with Gasteiger partial charge in [-0.1, -0.05) is 12.1 Å². The summed E-state index contributed by atoms with van der Waals surface area (Å²) < 4.78 is 20.5. The molecule has 0 radical (unpaired) electrons. The van der Waals surface area contributed by atoms with Crippen molar-refractivity contribution in [3.05, 3.63) is 82.9 Å². The van der Waals surface area contributed by atoms with Crippen LogP contribution in [0.5, 0.6) is 0 Å². The fourth-order valence-electron chi connectivity index (χ4n) is 4.19. The van der Waals surface area contributed by atoms with Gasteiger partial charge in [0.2, 0.25) is 5.91 Å². The molecule has 1 saturated heterocycles. The van der Waals surface area contributed by atoms with E-state index in [2.05, 4.69) is 21.7 Å². The number of hydrogen-bond acceptors (Lipinski definition) is 5. The third kappa shape index (κ3) is 5.84. The number of halogens is 1. The van der Waals surface area contributed by atoms with Crippen LogP contribution >= 0.6 is 0 Å². The lowest BCUT2D eigenvalue weighted by molar-refractivity contribution is -0.119. The monoisotopic (exact) mass is 476 g/mol. The number of carbonyl (C=O) groups excluding carboxylic acids is 2. The smallest absolute Gasteiger partial charge is 0.414 e. The SMILES string of the molecule is CC(=O)NC[C@H]1CN(c2ccc(-c3cc(C)c(CNCc4ccncc4)cc3C)c(F)c2)C(=O)O1. The minimum atomic E-state index is -0.553. The van der Waals surface area contributed by atoms with Crippen molar-refractivity contribution in [2.75, 3.05) is 18.0 Å². The van der Waals surface area contributed by atoms with E-state index in [1.54, 1.807) is 24.5 Å². The Bertz CT molecular complexity index is 1230. The molecule has 0 aliphatic carbocycles. The van der Waals surface area contributed by atoms with Gasteiger partial charge in [0, 0.05) is 38.0 Å². The van der Waals surface area contributed by atoms with E-state index in [9.17, 15) is 9.59 Å². The number of aryl methyl sites for hydroxylation is 2. The summed E-state index contributed by atoms with van der Waals surface area (Å²) in [5.41, 5.74) is 6.08. The minimum absolute atomic E-state index is 0.198. The maximum Gasteiger partial charge on any atom is 0.414 e. The molecule has 2 aromatic carbocycles. The number of aromatic nitrogens is 1. The first-order valence-electron chi connectivity index (χ1n) is 11.5. The molecule has 7 nitrogen and oxygen atoms in total. The predicted octanol–water partition coefficient (Wildman–Crippen LogP) is 4.26. The van der Waals surface area contributed by atoms with E-state index in [0.717, 1.165) is 34.4 Å². The number of ether oxygens (including phenoxy) is 1. The van der Waals surface area contributed by atoms with Crippen LogP contribution in [-0.2, 0) is 22.6 Å². The van der Waals surface area contributed by atoms with E-state index >= 15 is 4.39 Å². The number of anilines is 1. The maximum absolute atomic E-state index is 15.2. The number of amides is 2. The van der Waals surface area contributed by atoms with Crippen LogP contribution in [0.15, 0.2) is 54.9 Å². The highest BCUT2D eigenvalue weighted by Crippen LogP contribution is 2.32. The van der Waals surface area contributed by atoms with Crippen molar-refractivity contribution in [1.82, 2.24) is 15.6 Å². The number of rotatable bonds is 8. The first-order chi connectivity index (χ1) is 16.8. The second kappa shape index (κ2) is 10.7. The number of nitrogens with zero attached hydrogens (tertiary/aromatic N) is 2. The molecule has 0 bridgehead atoms. The molecule has 0 spiro atoms. The van der Waals surface area contributed by atoms with Crippen LogP contribution in [0.3, 0.4) is 0 Å². The number of hydrogen-bond donors (Lipinski definition) is 2. The van der Waals surface area contributed by atoms with Gasteiger partial charge in [-0.25, -0.2) is 9.18 Å². The fourth-order valence-corrected chi connectivity index (χ4v) is 4.19. The van der Waals surface area contributed by atoms with E-state index in [0.29, 0.717) is 17.8 Å². The summed E-state index contributed by atoms with van der Waals surface area (Å²) in [7, 11) is 0. The van der Waals surface area contributed by atoms with Crippen molar-refractivity contribution in [1.29, 1.82) is 0 Å². The number of pyridine rings is 1. The van der Waals surface area contributed by atoms with Crippen LogP contribution in [0.1, 0.15) is 29.2 Å². The van der Waals surface area contributed by atoms with Crippen molar-refractivity contribution >= 4 is 17.7 Å². The average molecular weight is 477 g/mol. The van der Waals surface area contributed by atoms with Gasteiger partial charge in [0.15, 0.2) is 0 Å². The van der Waals surface area contributed by atoms with Crippen molar-refractivity contribution in [2.45, 2.75) is 40.0 Å². The zero-order chi connectivity index (χ0) is 24.9. The largest absolute Gasteiger partial charge is 0.442 e. The average Bonchev–Trinajstić information content (AvgIpc) is 3.21. The lowest BCUT2D eigenvalue weighted by atomic mass is 9.94. The first-order valence-corrected chi connectivity index (χ1v) is 11.5. The van der Waals surface area contributed by atoms with E-state index in [1.165, 1.54) is 17.9 Å². The van der Waals surface area contributed by atoms with Crippen molar-refractivity contribution in [3.8, 4) is 11.1 Å². The Morgan fingerprint density at radius 3 is 2.57 bits per heavy atom. The number of benzene rings is 2. The van der Waals surface area contributed by atoms with Crippen LogP contribution in [0.25, 0.3) is 11.1 Å². The van der Waals surface area contributed by atoms with E-state index in [1.807, 2.05) is 32.0 Å². The minimum Gasteiger partial charge on any atom is -0.442 e. The zero-order valence-electron chi connectivity index (χ0n) is 20.1. The fraction of sp³-hybridized carbons (Fsp3) is 0.296. The number of nitrogens with one attached hydrogen (secondary N) is 2. The Morgan fingerprint density at radius 1 is 1.09 bits per heavy atom. The van der Waals surface area contributed by atoms with E-state index in [4.69, 9.17) is 4.74 Å². The lowest BCUT2D eigenvalue weighted by Gasteiger charge is -2.17. The molecule has 3 aromatic rings. The van der Waals surface area contributed by atoms with Crippen molar-refractivity contribution in [2.24, 2.45) is 0 Å². The second-order valence-electron chi connectivity index (χ2n) is 8.77. The Labute approximate surface area is 204 Å². The Hall–Kier alpha value is -3.78. The van der Waals surface area contributed by atoms with Gasteiger partial charge >= 0.3 is 6.09 Å². The molecule has 1 aliphatic rings. The molecular formula is C27H29FN4O3. The van der Waals surface area contributed by atoms with Gasteiger partial charge in [-0.3, -0.25) is 14.7 Å². The van der Waals surface area contributed by atoms with E-state index in [-0.39, 0.29) is 19.0 Å². The molecule has 1 fully saturated rings. The molecule has 1 atom stereocenters. The molecule has 2 amide bonds. The van der Waals surface area contributed by atoms with Gasteiger partial charge in [0.25, 0.3) is 0 Å². The van der Waals surface area contributed by atoms with Crippen LogP contribution in [0.2, 0.25) is 0 Å². The number of carbonyl (C=O) groups is 2. The van der Waals surface area contributed by atoms with Gasteiger partial charge in [0.1, 0.15) is 11.9 Å². The standard InChI is InChI=1S/C27H29FN4O3/c1-17-11-25(18(2)10-21(17)14-30-13-20-6-8-29-9-7-20)24-5-4-22(12-26(24)28)32-16-23(35-27(32)34)15-31-19(3)33/h4-12,23,30H,13-16H2,1-3H3,(H,31,33)/t23-/m0/s1. The van der Waals surface area contributed by atoms with Gasteiger partial charge in [-0.05, 0) is 72.0 Å². The van der Waals surface area contributed by atoms with Crippen LogP contribution in [0, 0.1) is 19.7 Å². The summed E-state index contributed by atoms with van der Waals surface area (Å²) in [5.74, 6) is -0.609. The lowest BCUT2D eigenvalue weighted by Crippen LogP contribution is -2.33. The van der Waals surface area contributed by atoms with E-state index < -0.39 is 18.0 Å². The third-order valence-electron chi connectivity index (χ3n) is 6.08. The molecular weight excluding hydrogens is 447 g/mol. The van der Waals surface area contributed by atoms with Crippen LogP contribution in [-0.4, -0.2) is 36.2 Å². The molecule has 2 N–H and O–H groups in total. The third-order valence-corrected chi connectivity index (χ3v) is 6.08. The highest BCUT2D eigenvalue weighted by atomic mass is 19.1. The number of cyclic esters (lactones) is 1. The summed E-state index contributed by atoms with van der Waals surface area (Å²) >= 11 is 0. The summed E-state index contributed by atoms with van der Waals surface area (Å²) in [5, 5.41) is 6.08. The van der Waals surface area contributed by atoms with Crippen molar-refractivity contribution in [3.63, 3.8) is 0 Å². The normalized spacial score (nSPS) is 15.3. The summed E-state index contributed by atoms with van der Waals surface area (Å²) in [4.78, 5) is 28.8. The topological polar surface area (TPSA) is 83.6 Å². The summed E-state index contributed by atoms with van der Waals surface area (Å²) in [6.07, 6.45) is 2.53. The van der Waals surface area contributed by atoms with Gasteiger partial charge in [-0.15, -0.1) is 0 Å². The molecule has 0 unspecified atom stereocenters. The van der Waals surface area contributed by atoms with Gasteiger partial charge < -0.3 is 15.4 Å². The zero-order valence-corrected chi connectivity index (χ0v) is 20.1. The molecule has 35 heavy (non-hydrogen) atoms. The maximum atomic E-state index is 15.2. The van der Waals surface area contributed by atoms with Crippen LogP contribution in [0.4, 0.5) is 14.9 Å². The molecule has 1 aliphatic heterocycles. The van der Waals surface area contributed by atoms with Gasteiger partial charge in [-0.2, -0.15) is 0 Å². The highest BCUT2D eigenvalue weighted by molar-refractivity contribution is 5.90. The highest BCUT2D eigenvalue weighted by Gasteiger charge is 2.32. The Kier molecular flexibility index (Phi) is 7.41. The summed E-state index contributed by atoms with van der Waals surface area (Å²) in [6, 6.07) is 12.8. The quantitative estimate of drug-likeness (QED) is 0.508. The Morgan fingerprint density at radius 2 is 1.86 bits per heavy atom. The molecule has 1 aromatic heterocycles. The van der Waals surface area contributed by atoms with Crippen LogP contribution < -0.4 is 15.5 Å². The summed E-state index contributed by atoms with van der Waals surface area (Å²) in [6.45, 7) is 7.31. The molecule has 8 heteroatoms. The molecule has 182 valence electrons. The molecule has 2 heterocycles. The predicted molar refractivity (Wildman–Crippen MR) is 132 cm³/mol. The first kappa shape index (κ1) is 24.3.